The summed E-state index contributed by atoms with van der Waals surface area (Å²) in [6, 6.07) is 1.80. The van der Waals surface area contributed by atoms with Gasteiger partial charge < -0.3 is 5.73 Å². The Morgan fingerprint density at radius 1 is 1.41 bits per heavy atom. The van der Waals surface area contributed by atoms with E-state index in [1.807, 2.05) is 13.2 Å². The Bertz CT molecular complexity index is 560. The third-order valence-corrected chi connectivity index (χ3v) is 3.21. The fraction of sp³-hybridized carbons (Fsp3) is 0.417. The Kier molecular flexibility index (Phi) is 2.14. The molecular formula is C12H15N5. The molecule has 88 valence electrons. The van der Waals surface area contributed by atoms with Gasteiger partial charge in [-0.15, -0.1) is 0 Å². The summed E-state index contributed by atoms with van der Waals surface area (Å²) in [5.74, 6) is 2.57. The van der Waals surface area contributed by atoms with Gasteiger partial charge in [0.25, 0.3) is 0 Å². The average molecular weight is 229 g/mol. The summed E-state index contributed by atoms with van der Waals surface area (Å²) in [6.07, 6.45) is 4.89. The lowest BCUT2D eigenvalue weighted by Crippen LogP contribution is -2.00. The van der Waals surface area contributed by atoms with Crippen molar-refractivity contribution in [2.75, 3.05) is 5.73 Å². The fourth-order valence-electron chi connectivity index (χ4n) is 2.03. The second kappa shape index (κ2) is 3.55. The van der Waals surface area contributed by atoms with E-state index >= 15 is 0 Å². The highest BCUT2D eigenvalue weighted by atomic mass is 15.2. The molecular weight excluding hydrogens is 214 g/mol. The third kappa shape index (κ3) is 1.88. The lowest BCUT2D eigenvalue weighted by Gasteiger charge is -2.03. The van der Waals surface area contributed by atoms with Gasteiger partial charge >= 0.3 is 0 Å². The molecule has 1 saturated carbocycles. The van der Waals surface area contributed by atoms with Crippen LogP contribution in [0.5, 0.6) is 0 Å². The molecule has 2 atom stereocenters. The molecule has 2 unspecified atom stereocenters. The Balaban J connectivity index is 2.02. The number of hydrogen-bond donors (Lipinski definition) is 1. The minimum Gasteiger partial charge on any atom is -0.384 e. The van der Waals surface area contributed by atoms with Crippen molar-refractivity contribution >= 4 is 5.82 Å². The number of anilines is 1. The van der Waals surface area contributed by atoms with Crippen molar-refractivity contribution in [3.05, 3.63) is 24.3 Å². The predicted octanol–water partition coefficient (Wildman–Crippen LogP) is 1.58. The number of hydrogen-bond acceptors (Lipinski definition) is 4. The molecule has 0 aromatic carbocycles. The zero-order chi connectivity index (χ0) is 12.0. The van der Waals surface area contributed by atoms with Gasteiger partial charge in [-0.2, -0.15) is 5.10 Å². The molecule has 17 heavy (non-hydrogen) atoms. The van der Waals surface area contributed by atoms with E-state index in [2.05, 4.69) is 22.0 Å². The van der Waals surface area contributed by atoms with Gasteiger partial charge in [-0.1, -0.05) is 6.92 Å². The lowest BCUT2D eigenvalue weighted by atomic mass is 10.2. The molecule has 0 amide bonds. The van der Waals surface area contributed by atoms with Gasteiger partial charge in [0.1, 0.15) is 11.6 Å². The molecule has 0 saturated heterocycles. The maximum Gasteiger partial charge on any atom is 0.134 e. The highest BCUT2D eigenvalue weighted by Crippen LogP contribution is 2.45. The van der Waals surface area contributed by atoms with E-state index in [9.17, 15) is 0 Å². The van der Waals surface area contributed by atoms with Crippen molar-refractivity contribution in [3.8, 4) is 11.3 Å². The summed E-state index contributed by atoms with van der Waals surface area (Å²) in [7, 11) is 1.89. The van der Waals surface area contributed by atoms with Crippen molar-refractivity contribution in [1.82, 2.24) is 19.7 Å². The molecule has 0 radical (unpaired) electrons. The van der Waals surface area contributed by atoms with Crippen LogP contribution in [0.25, 0.3) is 11.3 Å². The van der Waals surface area contributed by atoms with Gasteiger partial charge in [0.15, 0.2) is 0 Å². The topological polar surface area (TPSA) is 69.6 Å². The van der Waals surface area contributed by atoms with Crippen LogP contribution in [-0.4, -0.2) is 19.7 Å². The number of rotatable bonds is 2. The first-order valence-corrected chi connectivity index (χ1v) is 5.77. The van der Waals surface area contributed by atoms with Gasteiger partial charge in [0.05, 0.1) is 11.9 Å². The molecule has 0 aliphatic heterocycles. The fourth-order valence-corrected chi connectivity index (χ4v) is 2.03. The molecule has 5 nitrogen and oxygen atoms in total. The quantitative estimate of drug-likeness (QED) is 0.848. The summed E-state index contributed by atoms with van der Waals surface area (Å²) in [6.45, 7) is 2.21. The molecule has 2 aromatic rings. The summed E-state index contributed by atoms with van der Waals surface area (Å²) in [5, 5.41) is 4.14. The van der Waals surface area contributed by atoms with Crippen molar-refractivity contribution in [2.45, 2.75) is 19.3 Å². The molecule has 5 heteroatoms. The molecule has 1 fully saturated rings. The second-order valence-electron chi connectivity index (χ2n) is 4.76. The highest BCUT2D eigenvalue weighted by Gasteiger charge is 2.36. The van der Waals surface area contributed by atoms with Gasteiger partial charge in [0, 0.05) is 30.8 Å². The van der Waals surface area contributed by atoms with Crippen LogP contribution in [0.4, 0.5) is 5.82 Å². The Morgan fingerprint density at radius 3 is 2.76 bits per heavy atom. The van der Waals surface area contributed by atoms with Crippen LogP contribution in [0.2, 0.25) is 0 Å². The maximum atomic E-state index is 5.84. The molecule has 1 aliphatic carbocycles. The average Bonchev–Trinajstić information content (AvgIpc) is 2.84. The first-order valence-electron chi connectivity index (χ1n) is 5.77. The normalized spacial score (nSPS) is 22.7. The smallest absolute Gasteiger partial charge is 0.134 e. The Morgan fingerprint density at radius 2 is 2.18 bits per heavy atom. The van der Waals surface area contributed by atoms with Gasteiger partial charge in [0.2, 0.25) is 0 Å². The molecule has 1 aliphatic rings. The SMILES string of the molecule is CC1CC1c1nc(N)cc(-c2cnn(C)c2)n1. The van der Waals surface area contributed by atoms with E-state index in [0.717, 1.165) is 23.5 Å². The number of nitrogens with zero attached hydrogens (tertiary/aromatic N) is 4. The van der Waals surface area contributed by atoms with Crippen molar-refractivity contribution in [3.63, 3.8) is 0 Å². The zero-order valence-corrected chi connectivity index (χ0v) is 9.96. The van der Waals surface area contributed by atoms with Crippen LogP contribution >= 0.6 is 0 Å². The van der Waals surface area contributed by atoms with Crippen molar-refractivity contribution < 1.29 is 0 Å². The Labute approximate surface area is 99.7 Å². The molecule has 0 spiro atoms. The standard InChI is InChI=1S/C12H15N5/c1-7-3-9(7)12-15-10(4-11(13)16-12)8-5-14-17(2)6-8/h4-7,9H,3H2,1-2H3,(H2,13,15,16). The zero-order valence-electron chi connectivity index (χ0n) is 9.96. The number of nitrogen functional groups attached to an aromatic ring is 1. The van der Waals surface area contributed by atoms with Crippen molar-refractivity contribution in [1.29, 1.82) is 0 Å². The molecule has 0 bridgehead atoms. The van der Waals surface area contributed by atoms with Gasteiger partial charge in [-0.3, -0.25) is 4.68 Å². The van der Waals surface area contributed by atoms with Crippen LogP contribution in [-0.2, 0) is 7.05 Å². The highest BCUT2D eigenvalue weighted by molar-refractivity contribution is 5.60. The minimum atomic E-state index is 0.480. The first-order chi connectivity index (χ1) is 8.13. The molecule has 2 aromatic heterocycles. The van der Waals surface area contributed by atoms with Crippen LogP contribution in [0, 0.1) is 5.92 Å². The van der Waals surface area contributed by atoms with Crippen LogP contribution in [0.3, 0.4) is 0 Å². The second-order valence-corrected chi connectivity index (χ2v) is 4.76. The van der Waals surface area contributed by atoms with Crippen LogP contribution in [0.1, 0.15) is 25.1 Å². The van der Waals surface area contributed by atoms with E-state index in [1.165, 1.54) is 0 Å². The van der Waals surface area contributed by atoms with E-state index in [-0.39, 0.29) is 0 Å². The van der Waals surface area contributed by atoms with E-state index in [1.54, 1.807) is 16.9 Å². The molecule has 2 heterocycles. The van der Waals surface area contributed by atoms with E-state index in [4.69, 9.17) is 5.73 Å². The first kappa shape index (κ1) is 10.3. The molecule has 2 N–H and O–H groups in total. The monoisotopic (exact) mass is 229 g/mol. The molecule has 3 rings (SSSR count). The number of nitrogens with two attached hydrogens (primary N) is 1. The number of aryl methyl sites for hydroxylation is 1. The van der Waals surface area contributed by atoms with Crippen LogP contribution in [0.15, 0.2) is 18.5 Å². The lowest BCUT2D eigenvalue weighted by molar-refractivity contribution is 0.768. The van der Waals surface area contributed by atoms with Crippen molar-refractivity contribution in [2.24, 2.45) is 13.0 Å². The third-order valence-electron chi connectivity index (χ3n) is 3.21. The van der Waals surface area contributed by atoms with E-state index in [0.29, 0.717) is 17.7 Å². The van der Waals surface area contributed by atoms with Crippen LogP contribution < -0.4 is 5.73 Å². The summed E-state index contributed by atoms with van der Waals surface area (Å²) in [4.78, 5) is 8.90. The number of aromatic nitrogens is 4. The summed E-state index contributed by atoms with van der Waals surface area (Å²) < 4.78 is 1.76. The summed E-state index contributed by atoms with van der Waals surface area (Å²) >= 11 is 0. The predicted molar refractivity (Wildman–Crippen MR) is 65.2 cm³/mol. The van der Waals surface area contributed by atoms with Gasteiger partial charge in [-0.05, 0) is 12.3 Å². The largest absolute Gasteiger partial charge is 0.384 e. The summed E-state index contributed by atoms with van der Waals surface area (Å²) in [5.41, 5.74) is 7.68. The Hall–Kier alpha value is -1.91. The minimum absolute atomic E-state index is 0.480. The van der Waals surface area contributed by atoms with Gasteiger partial charge in [-0.25, -0.2) is 9.97 Å². The maximum absolute atomic E-state index is 5.84. The van der Waals surface area contributed by atoms with E-state index < -0.39 is 0 Å².